The first-order valence-electron chi connectivity index (χ1n) is 4.18. The van der Waals surface area contributed by atoms with Crippen molar-refractivity contribution in [1.29, 1.82) is 0 Å². The van der Waals surface area contributed by atoms with Gasteiger partial charge in [0.2, 0.25) is 0 Å². The fourth-order valence-electron chi connectivity index (χ4n) is 0.995. The molecule has 0 amide bonds. The highest BCUT2D eigenvalue weighted by Gasteiger charge is 1.96. The van der Waals surface area contributed by atoms with Crippen molar-refractivity contribution in [1.82, 2.24) is 5.32 Å². The van der Waals surface area contributed by atoms with Gasteiger partial charge >= 0.3 is 0 Å². The van der Waals surface area contributed by atoms with Crippen molar-refractivity contribution >= 4 is 11.3 Å². The predicted octanol–water partition coefficient (Wildman–Crippen LogP) is 1.53. The van der Waals surface area contributed by atoms with Gasteiger partial charge in [0.05, 0.1) is 0 Å². The van der Waals surface area contributed by atoms with Crippen LogP contribution in [0.1, 0.15) is 17.5 Å². The molecule has 0 aliphatic rings. The van der Waals surface area contributed by atoms with Crippen LogP contribution in [-0.2, 0) is 6.54 Å². The van der Waals surface area contributed by atoms with Crippen molar-refractivity contribution in [2.75, 3.05) is 13.2 Å². The maximum Gasteiger partial charge on any atom is 0.0443 e. The van der Waals surface area contributed by atoms with E-state index in [1.807, 2.05) is 0 Å². The molecule has 12 heavy (non-hydrogen) atoms. The first-order chi connectivity index (χ1) is 5.84. The van der Waals surface area contributed by atoms with E-state index in [1.165, 1.54) is 11.1 Å². The first-order valence-corrected chi connectivity index (χ1v) is 5.12. The standard InChI is InChI=1S/C9H15NOS/c1-8-6-12-7-9(8)5-10-3-2-4-11/h6-7,10-11H,2-5H2,1H3. The molecule has 2 N–H and O–H groups in total. The SMILES string of the molecule is Cc1cscc1CNCCCO. The maximum absolute atomic E-state index is 8.54. The van der Waals surface area contributed by atoms with Crippen LogP contribution in [-0.4, -0.2) is 18.3 Å². The molecule has 0 saturated heterocycles. The van der Waals surface area contributed by atoms with Gasteiger partial charge in [-0.05, 0) is 41.8 Å². The van der Waals surface area contributed by atoms with Gasteiger partial charge in [-0.15, -0.1) is 0 Å². The van der Waals surface area contributed by atoms with Gasteiger partial charge in [0.15, 0.2) is 0 Å². The van der Waals surface area contributed by atoms with Gasteiger partial charge in [-0.25, -0.2) is 0 Å². The van der Waals surface area contributed by atoms with Crippen molar-refractivity contribution in [3.05, 3.63) is 21.9 Å². The summed E-state index contributed by atoms with van der Waals surface area (Å²) in [6, 6.07) is 0. The smallest absolute Gasteiger partial charge is 0.0443 e. The third-order valence-corrected chi connectivity index (χ3v) is 2.70. The Kier molecular flexibility index (Phi) is 4.29. The summed E-state index contributed by atoms with van der Waals surface area (Å²) in [4.78, 5) is 0. The van der Waals surface area contributed by atoms with E-state index in [1.54, 1.807) is 11.3 Å². The van der Waals surface area contributed by atoms with Crippen molar-refractivity contribution in [2.24, 2.45) is 0 Å². The molecule has 1 aromatic rings. The molecular formula is C9H15NOS. The highest BCUT2D eigenvalue weighted by molar-refractivity contribution is 7.08. The molecule has 0 aromatic carbocycles. The molecule has 0 unspecified atom stereocenters. The van der Waals surface area contributed by atoms with Crippen LogP contribution in [0.4, 0.5) is 0 Å². The molecule has 68 valence electrons. The summed E-state index contributed by atoms with van der Waals surface area (Å²) >= 11 is 1.74. The maximum atomic E-state index is 8.54. The van der Waals surface area contributed by atoms with Gasteiger partial charge in [0.25, 0.3) is 0 Å². The lowest BCUT2D eigenvalue weighted by Gasteiger charge is -2.02. The molecular weight excluding hydrogens is 170 g/mol. The lowest BCUT2D eigenvalue weighted by atomic mass is 10.2. The first kappa shape index (κ1) is 9.71. The quantitative estimate of drug-likeness (QED) is 0.682. The number of rotatable bonds is 5. The second-order valence-electron chi connectivity index (χ2n) is 2.83. The molecule has 0 aliphatic heterocycles. The van der Waals surface area contributed by atoms with Crippen LogP contribution in [0.3, 0.4) is 0 Å². The van der Waals surface area contributed by atoms with Crippen LogP contribution < -0.4 is 5.32 Å². The Balaban J connectivity index is 2.20. The Morgan fingerprint density at radius 1 is 1.50 bits per heavy atom. The van der Waals surface area contributed by atoms with E-state index in [4.69, 9.17) is 5.11 Å². The summed E-state index contributed by atoms with van der Waals surface area (Å²) in [7, 11) is 0. The van der Waals surface area contributed by atoms with Crippen molar-refractivity contribution in [2.45, 2.75) is 19.9 Å². The number of aliphatic hydroxyl groups is 1. The average molecular weight is 185 g/mol. The third-order valence-electron chi connectivity index (χ3n) is 1.79. The van der Waals surface area contributed by atoms with E-state index in [0.29, 0.717) is 0 Å². The van der Waals surface area contributed by atoms with E-state index in [0.717, 1.165) is 19.5 Å². The van der Waals surface area contributed by atoms with Crippen LogP contribution >= 0.6 is 11.3 Å². The molecule has 0 atom stereocenters. The Hall–Kier alpha value is -0.380. The van der Waals surface area contributed by atoms with Crippen LogP contribution in [0.2, 0.25) is 0 Å². The Morgan fingerprint density at radius 3 is 2.92 bits per heavy atom. The summed E-state index contributed by atoms with van der Waals surface area (Å²) in [5.74, 6) is 0. The summed E-state index contributed by atoms with van der Waals surface area (Å²) in [6.45, 7) is 4.22. The average Bonchev–Trinajstić information content (AvgIpc) is 2.46. The Bertz CT molecular complexity index is 222. The van der Waals surface area contributed by atoms with Gasteiger partial charge in [0, 0.05) is 13.2 Å². The number of aryl methyl sites for hydroxylation is 1. The van der Waals surface area contributed by atoms with Crippen molar-refractivity contribution < 1.29 is 5.11 Å². The summed E-state index contributed by atoms with van der Waals surface area (Å²) < 4.78 is 0. The third kappa shape index (κ3) is 2.93. The molecule has 0 fully saturated rings. The minimum absolute atomic E-state index is 0.273. The van der Waals surface area contributed by atoms with Gasteiger partial charge in [-0.1, -0.05) is 0 Å². The van der Waals surface area contributed by atoms with E-state index >= 15 is 0 Å². The molecule has 3 heteroatoms. The van der Waals surface area contributed by atoms with Gasteiger partial charge in [0.1, 0.15) is 0 Å². The van der Waals surface area contributed by atoms with Gasteiger partial charge in [-0.3, -0.25) is 0 Å². The van der Waals surface area contributed by atoms with Gasteiger partial charge < -0.3 is 10.4 Å². The molecule has 2 nitrogen and oxygen atoms in total. The number of hydrogen-bond donors (Lipinski definition) is 2. The van der Waals surface area contributed by atoms with E-state index in [9.17, 15) is 0 Å². The predicted molar refractivity (Wildman–Crippen MR) is 52.5 cm³/mol. The molecule has 0 saturated carbocycles. The lowest BCUT2D eigenvalue weighted by molar-refractivity contribution is 0.286. The summed E-state index contributed by atoms with van der Waals surface area (Å²) in [5.41, 5.74) is 2.73. The zero-order valence-corrected chi connectivity index (χ0v) is 8.16. The molecule has 1 aromatic heterocycles. The molecule has 0 aliphatic carbocycles. The minimum Gasteiger partial charge on any atom is -0.396 e. The van der Waals surface area contributed by atoms with Crippen molar-refractivity contribution in [3.63, 3.8) is 0 Å². The molecule has 0 radical (unpaired) electrons. The number of nitrogens with one attached hydrogen (secondary N) is 1. The van der Waals surface area contributed by atoms with Crippen LogP contribution in [0.5, 0.6) is 0 Å². The lowest BCUT2D eigenvalue weighted by Crippen LogP contribution is -2.15. The second kappa shape index (κ2) is 5.30. The Labute approximate surface area is 77.2 Å². The zero-order chi connectivity index (χ0) is 8.81. The number of thiophene rings is 1. The number of aliphatic hydroxyl groups excluding tert-OH is 1. The van der Waals surface area contributed by atoms with Crippen LogP contribution in [0, 0.1) is 6.92 Å². The fraction of sp³-hybridized carbons (Fsp3) is 0.556. The van der Waals surface area contributed by atoms with Crippen LogP contribution in [0.25, 0.3) is 0 Å². The van der Waals surface area contributed by atoms with Crippen LogP contribution in [0.15, 0.2) is 10.8 Å². The summed E-state index contributed by atoms with van der Waals surface area (Å²) in [6.07, 6.45) is 0.836. The topological polar surface area (TPSA) is 32.3 Å². The Morgan fingerprint density at radius 2 is 2.33 bits per heavy atom. The normalized spacial score (nSPS) is 10.5. The van der Waals surface area contributed by atoms with Crippen molar-refractivity contribution in [3.8, 4) is 0 Å². The largest absolute Gasteiger partial charge is 0.396 e. The van der Waals surface area contributed by atoms with Gasteiger partial charge in [-0.2, -0.15) is 11.3 Å². The highest BCUT2D eigenvalue weighted by Crippen LogP contribution is 2.12. The molecule has 1 heterocycles. The summed E-state index contributed by atoms with van der Waals surface area (Å²) in [5, 5.41) is 16.1. The van der Waals surface area contributed by atoms with E-state index < -0.39 is 0 Å². The second-order valence-corrected chi connectivity index (χ2v) is 3.58. The van der Waals surface area contributed by atoms with E-state index in [-0.39, 0.29) is 6.61 Å². The molecule has 1 rings (SSSR count). The zero-order valence-electron chi connectivity index (χ0n) is 7.34. The number of hydrogen-bond acceptors (Lipinski definition) is 3. The minimum atomic E-state index is 0.273. The molecule has 0 bridgehead atoms. The monoisotopic (exact) mass is 185 g/mol. The molecule has 0 spiro atoms. The highest BCUT2D eigenvalue weighted by atomic mass is 32.1. The van der Waals surface area contributed by atoms with E-state index in [2.05, 4.69) is 23.0 Å². The fourth-order valence-corrected chi connectivity index (χ4v) is 1.85.